The van der Waals surface area contributed by atoms with Gasteiger partial charge in [-0.05, 0) is 27.2 Å². The first-order valence-corrected chi connectivity index (χ1v) is 7.98. The molecule has 0 saturated carbocycles. The number of hydrogen-bond donors (Lipinski definition) is 0. The average Bonchev–Trinajstić information content (AvgIpc) is 2.22. The summed E-state index contributed by atoms with van der Waals surface area (Å²) in [5.74, 6) is 0.152. The molecule has 1 atom stereocenters. The third-order valence-corrected chi connectivity index (χ3v) is 5.70. The maximum absolute atomic E-state index is 12.1. The van der Waals surface area contributed by atoms with E-state index in [4.69, 9.17) is 11.6 Å². The van der Waals surface area contributed by atoms with Gasteiger partial charge in [0, 0.05) is 18.5 Å². The average molecular weight is 270 g/mol. The summed E-state index contributed by atoms with van der Waals surface area (Å²) in [6, 6.07) is 0.00697. The van der Waals surface area contributed by atoms with Crippen molar-refractivity contribution in [1.82, 2.24) is 4.31 Å². The second-order valence-corrected chi connectivity index (χ2v) is 7.03. The highest BCUT2D eigenvalue weighted by Crippen LogP contribution is 2.15. The highest BCUT2D eigenvalue weighted by molar-refractivity contribution is 7.89. The van der Waals surface area contributed by atoms with Crippen molar-refractivity contribution >= 4 is 21.6 Å². The van der Waals surface area contributed by atoms with Crippen molar-refractivity contribution in [2.24, 2.45) is 0 Å². The van der Waals surface area contributed by atoms with E-state index < -0.39 is 15.3 Å². The first-order chi connectivity index (χ1) is 7.37. The quantitative estimate of drug-likeness (QED) is 0.502. The minimum Gasteiger partial charge on any atom is -0.212 e. The van der Waals surface area contributed by atoms with E-state index in [0.717, 1.165) is 19.3 Å². The van der Waals surface area contributed by atoms with Crippen LogP contribution in [0.25, 0.3) is 0 Å². The van der Waals surface area contributed by atoms with Crippen LogP contribution in [-0.4, -0.2) is 36.4 Å². The lowest BCUT2D eigenvalue weighted by molar-refractivity contribution is 0.342. The molecule has 5 heteroatoms. The SMILES string of the molecule is CCCCCN(C(C)C)S(=O)(=O)C(C)CCl. The van der Waals surface area contributed by atoms with Gasteiger partial charge < -0.3 is 0 Å². The second kappa shape index (κ2) is 7.51. The van der Waals surface area contributed by atoms with Crippen LogP contribution in [0.2, 0.25) is 0 Å². The fourth-order valence-corrected chi connectivity index (χ4v) is 3.58. The molecule has 0 fully saturated rings. The molecule has 0 saturated heterocycles. The Morgan fingerprint density at radius 3 is 2.12 bits per heavy atom. The van der Waals surface area contributed by atoms with Crippen LogP contribution >= 0.6 is 11.6 Å². The molecule has 16 heavy (non-hydrogen) atoms. The normalized spacial score (nSPS) is 14.7. The van der Waals surface area contributed by atoms with E-state index in [9.17, 15) is 8.42 Å². The van der Waals surface area contributed by atoms with E-state index in [2.05, 4.69) is 6.92 Å². The summed E-state index contributed by atoms with van der Waals surface area (Å²) in [5.41, 5.74) is 0. The summed E-state index contributed by atoms with van der Waals surface area (Å²) in [5, 5.41) is -0.502. The Kier molecular flexibility index (Phi) is 7.61. The summed E-state index contributed by atoms with van der Waals surface area (Å²) in [7, 11) is -3.23. The van der Waals surface area contributed by atoms with Crippen molar-refractivity contribution in [1.29, 1.82) is 0 Å². The lowest BCUT2D eigenvalue weighted by Crippen LogP contribution is -2.43. The summed E-state index contributed by atoms with van der Waals surface area (Å²) in [6.45, 7) is 8.19. The first-order valence-electron chi connectivity index (χ1n) is 5.94. The molecule has 0 N–H and O–H groups in total. The molecule has 0 radical (unpaired) electrons. The van der Waals surface area contributed by atoms with Crippen molar-refractivity contribution in [3.05, 3.63) is 0 Å². The molecule has 0 aromatic heterocycles. The van der Waals surface area contributed by atoms with Gasteiger partial charge >= 0.3 is 0 Å². The molecular weight excluding hydrogens is 246 g/mol. The van der Waals surface area contributed by atoms with E-state index >= 15 is 0 Å². The van der Waals surface area contributed by atoms with Crippen LogP contribution < -0.4 is 0 Å². The molecule has 0 aliphatic heterocycles. The van der Waals surface area contributed by atoms with Gasteiger partial charge in [0.2, 0.25) is 10.0 Å². The topological polar surface area (TPSA) is 37.4 Å². The van der Waals surface area contributed by atoms with Gasteiger partial charge in [-0.3, -0.25) is 0 Å². The molecule has 0 amide bonds. The minimum atomic E-state index is -3.23. The number of alkyl halides is 1. The summed E-state index contributed by atoms with van der Waals surface area (Å²) in [4.78, 5) is 0. The number of sulfonamides is 1. The molecule has 98 valence electrons. The molecule has 0 bridgehead atoms. The summed E-state index contributed by atoms with van der Waals surface area (Å²) >= 11 is 5.64. The van der Waals surface area contributed by atoms with Crippen LogP contribution in [0.15, 0.2) is 0 Å². The van der Waals surface area contributed by atoms with Gasteiger partial charge in [-0.1, -0.05) is 19.8 Å². The highest BCUT2D eigenvalue weighted by Gasteiger charge is 2.29. The fraction of sp³-hybridized carbons (Fsp3) is 1.00. The van der Waals surface area contributed by atoms with E-state index in [0.29, 0.717) is 6.54 Å². The molecule has 0 aliphatic carbocycles. The molecule has 0 aromatic carbocycles. The zero-order chi connectivity index (χ0) is 12.8. The lowest BCUT2D eigenvalue weighted by Gasteiger charge is -2.28. The monoisotopic (exact) mass is 269 g/mol. The van der Waals surface area contributed by atoms with E-state index in [1.807, 2.05) is 13.8 Å². The molecule has 0 spiro atoms. The largest absolute Gasteiger partial charge is 0.218 e. The third kappa shape index (κ3) is 4.60. The van der Waals surface area contributed by atoms with E-state index in [1.165, 1.54) is 0 Å². The summed E-state index contributed by atoms with van der Waals surface area (Å²) in [6.07, 6.45) is 3.08. The standard InChI is InChI=1S/C11H24ClNO2S/c1-5-6-7-8-13(10(2)3)16(14,15)11(4)9-12/h10-11H,5-9H2,1-4H3. The third-order valence-electron chi connectivity index (χ3n) is 2.61. The van der Waals surface area contributed by atoms with Crippen LogP contribution in [0.1, 0.15) is 47.0 Å². The molecule has 1 unspecified atom stereocenters. The van der Waals surface area contributed by atoms with Crippen LogP contribution in [0.5, 0.6) is 0 Å². The Hall–Kier alpha value is 0.200. The number of halogens is 1. The zero-order valence-corrected chi connectivity index (χ0v) is 12.3. The first kappa shape index (κ1) is 16.2. The molecular formula is C11H24ClNO2S. The Morgan fingerprint density at radius 2 is 1.75 bits per heavy atom. The zero-order valence-electron chi connectivity index (χ0n) is 10.7. The van der Waals surface area contributed by atoms with Gasteiger partial charge in [0.25, 0.3) is 0 Å². The Bertz CT molecular complexity index is 278. The van der Waals surface area contributed by atoms with Gasteiger partial charge in [0.15, 0.2) is 0 Å². The molecule has 3 nitrogen and oxygen atoms in total. The van der Waals surface area contributed by atoms with Crippen LogP contribution in [0.4, 0.5) is 0 Å². The van der Waals surface area contributed by atoms with Crippen molar-refractivity contribution < 1.29 is 8.42 Å². The molecule has 0 rings (SSSR count). The second-order valence-electron chi connectivity index (χ2n) is 4.42. The Labute approximate surface area is 105 Å². The molecule has 0 aromatic rings. The smallest absolute Gasteiger partial charge is 0.212 e. The maximum atomic E-state index is 12.1. The number of rotatable bonds is 8. The van der Waals surface area contributed by atoms with Gasteiger partial charge in [0.1, 0.15) is 0 Å². The Balaban J connectivity index is 4.64. The van der Waals surface area contributed by atoms with Crippen molar-refractivity contribution in [3.8, 4) is 0 Å². The van der Waals surface area contributed by atoms with Gasteiger partial charge in [-0.25, -0.2) is 8.42 Å². The van der Waals surface area contributed by atoms with Crippen molar-refractivity contribution in [2.75, 3.05) is 12.4 Å². The van der Waals surface area contributed by atoms with Gasteiger partial charge in [0.05, 0.1) is 5.25 Å². The number of hydrogen-bond acceptors (Lipinski definition) is 2. The van der Waals surface area contributed by atoms with Crippen molar-refractivity contribution in [2.45, 2.75) is 58.2 Å². The van der Waals surface area contributed by atoms with Crippen LogP contribution in [-0.2, 0) is 10.0 Å². The van der Waals surface area contributed by atoms with Crippen molar-refractivity contribution in [3.63, 3.8) is 0 Å². The minimum absolute atomic E-state index is 0.00697. The summed E-state index contributed by atoms with van der Waals surface area (Å²) < 4.78 is 25.9. The predicted octanol–water partition coefficient (Wildman–Crippen LogP) is 2.84. The van der Waals surface area contributed by atoms with Crippen LogP contribution in [0, 0.1) is 0 Å². The molecule has 0 heterocycles. The number of nitrogens with zero attached hydrogens (tertiary/aromatic N) is 1. The van der Waals surface area contributed by atoms with Gasteiger partial charge in [-0.15, -0.1) is 11.6 Å². The Morgan fingerprint density at radius 1 is 1.19 bits per heavy atom. The lowest BCUT2D eigenvalue weighted by atomic mass is 10.2. The highest BCUT2D eigenvalue weighted by atomic mass is 35.5. The molecule has 0 aliphatic rings. The van der Waals surface area contributed by atoms with E-state index in [-0.39, 0.29) is 11.9 Å². The van der Waals surface area contributed by atoms with Crippen LogP contribution in [0.3, 0.4) is 0 Å². The predicted molar refractivity (Wildman–Crippen MR) is 70.5 cm³/mol. The van der Waals surface area contributed by atoms with E-state index in [1.54, 1.807) is 11.2 Å². The number of unbranched alkanes of at least 4 members (excludes halogenated alkanes) is 2. The van der Waals surface area contributed by atoms with Gasteiger partial charge in [-0.2, -0.15) is 4.31 Å². The fourth-order valence-electron chi connectivity index (χ4n) is 1.51. The maximum Gasteiger partial charge on any atom is 0.218 e.